The first kappa shape index (κ1) is 19.3. The highest BCUT2D eigenvalue weighted by atomic mass is 16.2. The molecule has 0 aliphatic rings. The fourth-order valence-electron chi connectivity index (χ4n) is 3.06. The van der Waals surface area contributed by atoms with Crippen molar-refractivity contribution < 1.29 is 4.79 Å². The fourth-order valence-corrected chi connectivity index (χ4v) is 3.06. The van der Waals surface area contributed by atoms with Crippen LogP contribution in [0.1, 0.15) is 11.1 Å². The highest BCUT2D eigenvalue weighted by Crippen LogP contribution is 2.25. The summed E-state index contributed by atoms with van der Waals surface area (Å²) >= 11 is 0. The number of anilines is 1. The van der Waals surface area contributed by atoms with Gasteiger partial charge in [0.05, 0.1) is 11.4 Å². The summed E-state index contributed by atoms with van der Waals surface area (Å²) in [7, 11) is 0. The van der Waals surface area contributed by atoms with Crippen molar-refractivity contribution in [3.63, 3.8) is 0 Å². The number of hydrogen-bond acceptors (Lipinski definition) is 3. The summed E-state index contributed by atoms with van der Waals surface area (Å²) < 4.78 is 0. The van der Waals surface area contributed by atoms with Crippen LogP contribution in [0.4, 0.5) is 10.7 Å². The lowest BCUT2D eigenvalue weighted by molar-refractivity contribution is 0.251. The molecule has 30 heavy (non-hydrogen) atoms. The van der Waals surface area contributed by atoms with Crippen LogP contribution in [-0.2, 0) is 6.54 Å². The Labute approximate surface area is 175 Å². The van der Waals surface area contributed by atoms with E-state index >= 15 is 0 Å². The van der Waals surface area contributed by atoms with E-state index in [1.54, 1.807) is 0 Å². The van der Waals surface area contributed by atoms with Gasteiger partial charge in [0.1, 0.15) is 0 Å². The molecule has 0 saturated heterocycles. The van der Waals surface area contributed by atoms with Gasteiger partial charge in [-0.15, -0.1) is 0 Å². The van der Waals surface area contributed by atoms with Gasteiger partial charge in [-0.2, -0.15) is 0 Å². The second-order valence-electron chi connectivity index (χ2n) is 6.99. The standard InChI is InChI=1S/C25H22N4O/c1-18-12-14-21(15-13-18)23-16-22(20-10-6-3-7-11-20)27-24(28-23)29-25(30)26-17-19-8-4-2-5-9-19/h2-16H,17H2,1H3,(H2,26,27,28,29,30). The maximum absolute atomic E-state index is 12.4. The summed E-state index contributed by atoms with van der Waals surface area (Å²) in [6, 6.07) is 29.3. The number of aromatic nitrogens is 2. The first-order valence-corrected chi connectivity index (χ1v) is 9.78. The van der Waals surface area contributed by atoms with Gasteiger partial charge in [-0.05, 0) is 18.6 Å². The smallest absolute Gasteiger partial charge is 0.321 e. The fraction of sp³-hybridized carbons (Fsp3) is 0.0800. The van der Waals surface area contributed by atoms with Crippen molar-refractivity contribution in [2.24, 2.45) is 0 Å². The number of hydrogen-bond donors (Lipinski definition) is 2. The zero-order valence-electron chi connectivity index (χ0n) is 16.7. The minimum Gasteiger partial charge on any atom is -0.334 e. The minimum atomic E-state index is -0.348. The molecular formula is C25H22N4O. The lowest BCUT2D eigenvalue weighted by atomic mass is 10.1. The maximum Gasteiger partial charge on any atom is 0.321 e. The lowest BCUT2D eigenvalue weighted by Crippen LogP contribution is -2.29. The number of nitrogens with zero attached hydrogens (tertiary/aromatic N) is 2. The van der Waals surface area contributed by atoms with Gasteiger partial charge in [-0.1, -0.05) is 90.5 Å². The molecule has 4 aromatic rings. The Balaban J connectivity index is 1.60. The van der Waals surface area contributed by atoms with Gasteiger partial charge in [-0.25, -0.2) is 14.8 Å². The van der Waals surface area contributed by atoms with Crippen LogP contribution in [0.5, 0.6) is 0 Å². The lowest BCUT2D eigenvalue weighted by Gasteiger charge is -2.11. The monoisotopic (exact) mass is 394 g/mol. The Kier molecular flexibility index (Phi) is 5.80. The highest BCUT2D eigenvalue weighted by Gasteiger charge is 2.11. The van der Waals surface area contributed by atoms with E-state index in [4.69, 9.17) is 0 Å². The van der Waals surface area contributed by atoms with Crippen LogP contribution in [-0.4, -0.2) is 16.0 Å². The molecule has 2 amide bonds. The molecule has 1 aromatic heterocycles. The van der Waals surface area contributed by atoms with E-state index in [1.165, 1.54) is 5.56 Å². The van der Waals surface area contributed by atoms with Crippen molar-refractivity contribution in [1.29, 1.82) is 0 Å². The van der Waals surface area contributed by atoms with Crippen LogP contribution in [0.15, 0.2) is 91.0 Å². The quantitative estimate of drug-likeness (QED) is 0.474. The highest BCUT2D eigenvalue weighted by molar-refractivity contribution is 5.88. The van der Waals surface area contributed by atoms with Gasteiger partial charge in [0.15, 0.2) is 0 Å². The Morgan fingerprint density at radius 2 is 1.33 bits per heavy atom. The molecule has 0 spiro atoms. The molecule has 0 radical (unpaired) electrons. The molecule has 5 heteroatoms. The van der Waals surface area contributed by atoms with Gasteiger partial charge in [0.2, 0.25) is 5.95 Å². The molecule has 0 atom stereocenters. The Morgan fingerprint density at radius 3 is 1.97 bits per heavy atom. The van der Waals surface area contributed by atoms with E-state index in [2.05, 4.69) is 20.6 Å². The van der Waals surface area contributed by atoms with Gasteiger partial charge in [0, 0.05) is 17.7 Å². The van der Waals surface area contributed by atoms with Crippen LogP contribution in [0, 0.1) is 6.92 Å². The van der Waals surface area contributed by atoms with E-state index in [1.807, 2.05) is 97.9 Å². The van der Waals surface area contributed by atoms with Crippen LogP contribution in [0.25, 0.3) is 22.5 Å². The van der Waals surface area contributed by atoms with E-state index in [0.29, 0.717) is 6.54 Å². The molecular weight excluding hydrogens is 372 g/mol. The van der Waals surface area contributed by atoms with Crippen molar-refractivity contribution in [1.82, 2.24) is 15.3 Å². The average Bonchev–Trinajstić information content (AvgIpc) is 2.79. The normalized spacial score (nSPS) is 10.4. The molecule has 2 N–H and O–H groups in total. The zero-order chi connectivity index (χ0) is 20.8. The Bertz CT molecular complexity index is 1130. The number of carbonyl (C=O) groups is 1. The number of carbonyl (C=O) groups excluding carboxylic acids is 1. The third kappa shape index (κ3) is 4.89. The van der Waals surface area contributed by atoms with Gasteiger partial charge in [-0.3, -0.25) is 5.32 Å². The van der Waals surface area contributed by atoms with Crippen LogP contribution < -0.4 is 10.6 Å². The minimum absolute atomic E-state index is 0.262. The first-order chi connectivity index (χ1) is 14.7. The van der Waals surface area contributed by atoms with Crippen molar-refractivity contribution in [3.05, 3.63) is 102 Å². The summed E-state index contributed by atoms with van der Waals surface area (Å²) in [5, 5.41) is 5.61. The molecule has 148 valence electrons. The van der Waals surface area contributed by atoms with Crippen molar-refractivity contribution in [2.75, 3.05) is 5.32 Å². The largest absolute Gasteiger partial charge is 0.334 e. The predicted molar refractivity (Wildman–Crippen MR) is 120 cm³/mol. The Morgan fingerprint density at radius 1 is 0.767 bits per heavy atom. The van der Waals surface area contributed by atoms with Crippen LogP contribution in [0.3, 0.4) is 0 Å². The third-order valence-electron chi connectivity index (χ3n) is 4.66. The molecule has 1 heterocycles. The van der Waals surface area contributed by atoms with Gasteiger partial charge < -0.3 is 5.32 Å². The van der Waals surface area contributed by atoms with Crippen LogP contribution >= 0.6 is 0 Å². The van der Waals surface area contributed by atoms with E-state index in [9.17, 15) is 4.79 Å². The van der Waals surface area contributed by atoms with Crippen LogP contribution in [0.2, 0.25) is 0 Å². The maximum atomic E-state index is 12.4. The Hall–Kier alpha value is -3.99. The molecule has 0 fully saturated rings. The molecule has 0 aliphatic carbocycles. The number of nitrogens with one attached hydrogen (secondary N) is 2. The SMILES string of the molecule is Cc1ccc(-c2cc(-c3ccccc3)nc(NC(=O)NCc3ccccc3)n2)cc1. The molecule has 0 saturated carbocycles. The number of benzene rings is 3. The first-order valence-electron chi connectivity index (χ1n) is 9.78. The summed E-state index contributed by atoms with van der Waals surface area (Å²) in [6.45, 7) is 2.47. The molecule has 0 bridgehead atoms. The predicted octanol–water partition coefficient (Wildman–Crippen LogP) is 5.44. The number of amides is 2. The molecule has 0 aliphatic heterocycles. The number of aryl methyl sites for hydroxylation is 1. The van der Waals surface area contributed by atoms with E-state index < -0.39 is 0 Å². The molecule has 0 unspecified atom stereocenters. The summed E-state index contributed by atoms with van der Waals surface area (Å²) in [4.78, 5) is 21.6. The van der Waals surface area contributed by atoms with Crippen molar-refractivity contribution in [2.45, 2.75) is 13.5 Å². The second kappa shape index (κ2) is 9.01. The van der Waals surface area contributed by atoms with Gasteiger partial charge in [0.25, 0.3) is 0 Å². The number of urea groups is 1. The van der Waals surface area contributed by atoms with Crippen molar-refractivity contribution in [3.8, 4) is 22.5 Å². The molecule has 3 aromatic carbocycles. The number of rotatable bonds is 5. The summed E-state index contributed by atoms with van der Waals surface area (Å²) in [5.41, 5.74) is 5.62. The second-order valence-corrected chi connectivity index (χ2v) is 6.99. The zero-order valence-corrected chi connectivity index (χ0v) is 16.7. The average molecular weight is 394 g/mol. The third-order valence-corrected chi connectivity index (χ3v) is 4.66. The summed E-state index contributed by atoms with van der Waals surface area (Å²) in [5.74, 6) is 0.262. The topological polar surface area (TPSA) is 66.9 Å². The molecule has 5 nitrogen and oxygen atoms in total. The summed E-state index contributed by atoms with van der Waals surface area (Å²) in [6.07, 6.45) is 0. The van der Waals surface area contributed by atoms with Gasteiger partial charge >= 0.3 is 6.03 Å². The van der Waals surface area contributed by atoms with E-state index in [-0.39, 0.29) is 12.0 Å². The molecule has 4 rings (SSSR count). The van der Waals surface area contributed by atoms with Crippen molar-refractivity contribution >= 4 is 12.0 Å². The van der Waals surface area contributed by atoms with E-state index in [0.717, 1.165) is 28.1 Å².